The lowest BCUT2D eigenvalue weighted by Gasteiger charge is -2.32. The molecule has 0 unspecified atom stereocenters. The number of fused-ring (bicyclic) bond motifs is 1. The lowest BCUT2D eigenvalue weighted by Crippen LogP contribution is -2.38. The molecule has 1 fully saturated rings. The van der Waals surface area contributed by atoms with Gasteiger partial charge in [-0.05, 0) is 80.3 Å². The first-order valence-electron chi connectivity index (χ1n) is 15.2. The molecule has 0 bridgehead atoms. The number of benzene rings is 3. The van der Waals surface area contributed by atoms with Crippen LogP contribution in [-0.4, -0.2) is 63.4 Å². The van der Waals surface area contributed by atoms with E-state index in [0.29, 0.717) is 69.2 Å². The minimum Gasteiger partial charge on any atom is -0.493 e. The van der Waals surface area contributed by atoms with E-state index in [2.05, 4.69) is 15.6 Å². The van der Waals surface area contributed by atoms with Crippen LogP contribution in [0.4, 0.5) is 16.2 Å². The first-order chi connectivity index (χ1) is 22.9. The third-order valence-corrected chi connectivity index (χ3v) is 11.0. The molecule has 1 saturated heterocycles. The van der Waals surface area contributed by atoms with Crippen molar-refractivity contribution in [2.45, 2.75) is 48.9 Å². The Morgan fingerprint density at radius 2 is 1.69 bits per heavy atom. The van der Waals surface area contributed by atoms with Gasteiger partial charge < -0.3 is 29.4 Å². The number of amides is 2. The lowest BCUT2D eigenvalue weighted by molar-refractivity contribution is -0.133. The summed E-state index contributed by atoms with van der Waals surface area (Å²) in [5, 5.41) is 6.44. The summed E-state index contributed by atoms with van der Waals surface area (Å²) in [4.78, 5) is 43.8. The molecule has 2 amide bonds. The number of carbonyl (C=O) groups excluding carboxylic acids is 2. The molecule has 254 valence electrons. The molecular weight excluding hydrogens is 660 g/mol. The highest BCUT2D eigenvalue weighted by atomic mass is 35.5. The number of pyridine rings is 1. The number of rotatable bonds is 10. The second-order valence-electron chi connectivity index (χ2n) is 11.6. The molecule has 0 radical (unpaired) electrons. The molecule has 14 heteroatoms. The number of anilines is 2. The van der Waals surface area contributed by atoms with Crippen molar-refractivity contribution >= 4 is 55.6 Å². The summed E-state index contributed by atoms with van der Waals surface area (Å²) in [5.41, 5.74) is 1.40. The number of sulfone groups is 1. The van der Waals surface area contributed by atoms with E-state index in [0.717, 1.165) is 0 Å². The van der Waals surface area contributed by atoms with Crippen molar-refractivity contribution in [3.63, 3.8) is 0 Å². The number of H-pyrrole nitrogens is 1. The van der Waals surface area contributed by atoms with E-state index in [1.54, 1.807) is 61.2 Å². The second kappa shape index (κ2) is 14.2. The molecule has 0 saturated carbocycles. The van der Waals surface area contributed by atoms with Crippen LogP contribution >= 0.6 is 11.6 Å². The van der Waals surface area contributed by atoms with Gasteiger partial charge in [-0.3, -0.25) is 14.9 Å². The highest BCUT2D eigenvalue weighted by Crippen LogP contribution is 2.41. The Hall–Kier alpha value is -4.75. The standard InChI is InChI=1S/C34H37ClN4O8S/c1-19(2)48(43,44)30-13-10-22(38-34(42)47-5)17-25(30)27-7-6-14-39(27)33(41)31(20-8-12-28(45-3)29(15-20)46-4)37-21-9-11-23-24(16-21)32(40)36-18-26(23)35/h8-13,15-19,27,31,37H,6-7,14H2,1-5H3,(H,36,40)(H,38,42)/t27-,31-/m1/s1. The molecule has 4 aromatic rings. The molecule has 1 aliphatic heterocycles. The van der Waals surface area contributed by atoms with Crippen molar-refractivity contribution in [3.8, 4) is 11.5 Å². The maximum Gasteiger partial charge on any atom is 0.411 e. The van der Waals surface area contributed by atoms with Crippen molar-refractivity contribution in [1.82, 2.24) is 9.88 Å². The van der Waals surface area contributed by atoms with Crippen molar-refractivity contribution in [1.29, 1.82) is 0 Å². The maximum absolute atomic E-state index is 14.7. The summed E-state index contributed by atoms with van der Waals surface area (Å²) < 4.78 is 42.8. The molecular formula is C34H37ClN4O8S. The minimum absolute atomic E-state index is 0.0823. The summed E-state index contributed by atoms with van der Waals surface area (Å²) in [7, 11) is 0.451. The van der Waals surface area contributed by atoms with Gasteiger partial charge in [0, 0.05) is 29.5 Å². The Balaban J connectivity index is 1.62. The van der Waals surface area contributed by atoms with Crippen LogP contribution in [0.3, 0.4) is 0 Å². The Labute approximate surface area is 283 Å². The fraction of sp³-hybridized carbons (Fsp3) is 0.324. The van der Waals surface area contributed by atoms with Gasteiger partial charge in [-0.2, -0.15) is 0 Å². The van der Waals surface area contributed by atoms with Gasteiger partial charge in [0.15, 0.2) is 21.3 Å². The highest BCUT2D eigenvalue weighted by Gasteiger charge is 2.38. The number of carbonyl (C=O) groups is 2. The van der Waals surface area contributed by atoms with E-state index in [1.807, 2.05) is 0 Å². The summed E-state index contributed by atoms with van der Waals surface area (Å²) in [6.45, 7) is 3.53. The number of methoxy groups -OCH3 is 3. The monoisotopic (exact) mass is 696 g/mol. The average Bonchev–Trinajstić information content (AvgIpc) is 3.58. The number of ether oxygens (including phenoxy) is 3. The summed E-state index contributed by atoms with van der Waals surface area (Å²) in [5.74, 6) is 0.530. The Kier molecular flexibility index (Phi) is 10.2. The number of likely N-dealkylation sites (tertiary alicyclic amines) is 1. The molecule has 0 spiro atoms. The molecule has 1 aliphatic rings. The molecule has 3 aromatic carbocycles. The fourth-order valence-corrected chi connectivity index (χ4v) is 7.40. The quantitative estimate of drug-likeness (QED) is 0.179. The summed E-state index contributed by atoms with van der Waals surface area (Å²) in [6, 6.07) is 13.1. The molecule has 2 atom stereocenters. The van der Waals surface area contributed by atoms with Gasteiger partial charge in [0.1, 0.15) is 6.04 Å². The molecule has 48 heavy (non-hydrogen) atoms. The zero-order chi connectivity index (χ0) is 34.7. The third-order valence-electron chi connectivity index (χ3n) is 8.41. The second-order valence-corrected chi connectivity index (χ2v) is 14.5. The lowest BCUT2D eigenvalue weighted by atomic mass is 10.0. The van der Waals surface area contributed by atoms with E-state index in [-0.39, 0.29) is 16.4 Å². The first-order valence-corrected chi connectivity index (χ1v) is 17.1. The topological polar surface area (TPSA) is 156 Å². The van der Waals surface area contributed by atoms with Crippen LogP contribution in [0.25, 0.3) is 10.8 Å². The Bertz CT molecular complexity index is 2030. The van der Waals surface area contributed by atoms with Gasteiger partial charge in [0.2, 0.25) is 5.91 Å². The van der Waals surface area contributed by atoms with E-state index in [4.69, 9.17) is 25.8 Å². The molecule has 5 rings (SSSR count). The molecule has 2 heterocycles. The molecule has 12 nitrogen and oxygen atoms in total. The SMILES string of the molecule is COC(=O)Nc1ccc(S(=O)(=O)C(C)C)c([C@H]2CCCN2C(=O)[C@H](Nc2ccc3c(Cl)c[nH]c(=O)c3c2)c2ccc(OC)c(OC)c2)c1. The van der Waals surface area contributed by atoms with Crippen LogP contribution in [-0.2, 0) is 19.4 Å². The number of hydrogen-bond acceptors (Lipinski definition) is 9. The van der Waals surface area contributed by atoms with Crippen LogP contribution in [0.5, 0.6) is 11.5 Å². The largest absolute Gasteiger partial charge is 0.493 e. The molecule has 3 N–H and O–H groups in total. The van der Waals surface area contributed by atoms with Gasteiger partial charge >= 0.3 is 6.09 Å². The van der Waals surface area contributed by atoms with Gasteiger partial charge in [0.25, 0.3) is 5.56 Å². The van der Waals surface area contributed by atoms with Gasteiger partial charge in [-0.15, -0.1) is 0 Å². The molecule has 1 aromatic heterocycles. The van der Waals surface area contributed by atoms with E-state index < -0.39 is 33.3 Å². The number of aromatic nitrogens is 1. The zero-order valence-corrected chi connectivity index (χ0v) is 28.7. The number of aromatic amines is 1. The Morgan fingerprint density at radius 3 is 2.38 bits per heavy atom. The first kappa shape index (κ1) is 34.6. The zero-order valence-electron chi connectivity index (χ0n) is 27.1. The normalized spacial score (nSPS) is 15.3. The maximum atomic E-state index is 14.7. The van der Waals surface area contributed by atoms with Gasteiger partial charge in [0.05, 0.1) is 47.9 Å². The summed E-state index contributed by atoms with van der Waals surface area (Å²) in [6.07, 6.45) is 1.80. The van der Waals surface area contributed by atoms with Crippen LogP contribution in [0.1, 0.15) is 49.9 Å². The van der Waals surface area contributed by atoms with E-state index in [9.17, 15) is 22.8 Å². The van der Waals surface area contributed by atoms with E-state index in [1.165, 1.54) is 39.7 Å². The van der Waals surface area contributed by atoms with Crippen LogP contribution in [0.15, 0.2) is 70.5 Å². The van der Waals surface area contributed by atoms with Crippen LogP contribution in [0.2, 0.25) is 5.02 Å². The van der Waals surface area contributed by atoms with Crippen molar-refractivity contribution in [3.05, 3.63) is 87.3 Å². The fourth-order valence-electron chi connectivity index (χ4n) is 5.89. The smallest absolute Gasteiger partial charge is 0.411 e. The Morgan fingerprint density at radius 1 is 0.958 bits per heavy atom. The highest BCUT2D eigenvalue weighted by molar-refractivity contribution is 7.92. The van der Waals surface area contributed by atoms with E-state index >= 15 is 0 Å². The predicted molar refractivity (Wildman–Crippen MR) is 184 cm³/mol. The van der Waals surface area contributed by atoms with Crippen molar-refractivity contribution in [2.24, 2.45) is 0 Å². The number of halogens is 1. The number of nitrogens with zero attached hydrogens (tertiary/aromatic N) is 1. The van der Waals surface area contributed by atoms with Gasteiger partial charge in [-0.25, -0.2) is 13.2 Å². The minimum atomic E-state index is -3.78. The van der Waals surface area contributed by atoms with Crippen molar-refractivity contribution < 1.29 is 32.2 Å². The summed E-state index contributed by atoms with van der Waals surface area (Å²) >= 11 is 6.32. The van der Waals surface area contributed by atoms with Crippen LogP contribution < -0.4 is 25.7 Å². The molecule has 0 aliphatic carbocycles. The van der Waals surface area contributed by atoms with Crippen LogP contribution in [0, 0.1) is 0 Å². The number of hydrogen-bond donors (Lipinski definition) is 3. The average molecular weight is 697 g/mol. The van der Waals surface area contributed by atoms with Crippen molar-refractivity contribution in [2.75, 3.05) is 38.5 Å². The van der Waals surface area contributed by atoms with Gasteiger partial charge in [-0.1, -0.05) is 23.7 Å². The third kappa shape index (κ3) is 6.78. The predicted octanol–water partition coefficient (Wildman–Crippen LogP) is 6.08. The number of nitrogens with one attached hydrogen (secondary N) is 3.